The van der Waals surface area contributed by atoms with Gasteiger partial charge in [-0.15, -0.1) is 6.58 Å². The Morgan fingerprint density at radius 3 is 2.00 bits per heavy atom. The maximum absolute atomic E-state index is 9.92. The van der Waals surface area contributed by atoms with Crippen LogP contribution in [-0.2, 0) is 4.79 Å². The van der Waals surface area contributed by atoms with Crippen molar-refractivity contribution in [3.05, 3.63) is 12.1 Å². The fourth-order valence-corrected chi connectivity index (χ4v) is 0. The van der Waals surface area contributed by atoms with Crippen molar-refractivity contribution in [2.75, 3.05) is 0 Å². The molecule has 0 bridgehead atoms. The lowest BCUT2D eigenvalue weighted by molar-refractivity contribution is -0.113. The van der Waals surface area contributed by atoms with Gasteiger partial charge in [0.1, 0.15) is 13.6 Å². The number of hydrogen-bond donors (Lipinski definition) is 0. The first-order valence-electron chi connectivity index (χ1n) is 1.60. The summed E-state index contributed by atoms with van der Waals surface area (Å²) in [5.41, 5.74) is 0.120. The fourth-order valence-electron chi connectivity index (χ4n) is 0. The van der Waals surface area contributed by atoms with Gasteiger partial charge in [-0.3, -0.25) is 4.79 Å². The minimum atomic E-state index is -0.157. The molecule has 0 heterocycles. The highest BCUT2D eigenvalue weighted by Crippen LogP contribution is 1.78. The molecule has 1 nitrogen and oxygen atoms in total. The topological polar surface area (TPSA) is 17.1 Å². The van der Waals surface area contributed by atoms with Gasteiger partial charge in [-0.2, -0.15) is 0 Å². The smallest absolute Gasteiger partial charge is 0.145 e. The van der Waals surface area contributed by atoms with Crippen LogP contribution >= 0.6 is 0 Å². The Morgan fingerprint density at radius 2 is 2.00 bits per heavy atom. The second kappa shape index (κ2) is 1.80. The predicted octanol–water partition coefficient (Wildman–Crippen LogP) is 0.258. The molecule has 0 saturated carbocycles. The summed E-state index contributed by atoms with van der Waals surface area (Å²) < 4.78 is 0. The molecule has 0 saturated heterocycles. The molecule has 0 rings (SSSR count). The average Bonchev–Trinajstić information content (AvgIpc) is 1.36. The van der Waals surface area contributed by atoms with E-state index in [9.17, 15) is 4.79 Å². The molecule has 0 atom stereocenters. The van der Waals surface area contributed by atoms with Crippen molar-refractivity contribution in [3.63, 3.8) is 0 Å². The van der Waals surface area contributed by atoms with Crippen LogP contribution in [0.3, 0.4) is 0 Å². The summed E-state index contributed by atoms with van der Waals surface area (Å²) in [7, 11) is 4.89. The van der Waals surface area contributed by atoms with Crippen LogP contribution in [0.5, 0.6) is 0 Å². The third-order valence-corrected chi connectivity index (χ3v) is 0.452. The van der Waals surface area contributed by atoms with E-state index in [0.717, 1.165) is 0 Å². The Hall–Kier alpha value is -0.525. The number of ketones is 1. The lowest BCUT2D eigenvalue weighted by Crippen LogP contribution is -1.91. The molecule has 0 aliphatic heterocycles. The third-order valence-electron chi connectivity index (χ3n) is 0.452. The third kappa shape index (κ3) is 1.76. The summed E-state index contributed by atoms with van der Waals surface area (Å²) in [6.07, 6.45) is 0. The minimum Gasteiger partial charge on any atom is -0.296 e. The number of hydrogen-bond acceptors (Lipinski definition) is 1. The summed E-state index contributed by atoms with van der Waals surface area (Å²) in [4.78, 5) is 9.92. The van der Waals surface area contributed by atoms with Crippen molar-refractivity contribution >= 4 is 13.6 Å². The zero-order valence-corrected chi connectivity index (χ0v) is 3.69. The molecule has 30 valence electrons. The number of rotatable bonds is 1. The van der Waals surface area contributed by atoms with Gasteiger partial charge >= 0.3 is 0 Å². The Morgan fingerprint density at radius 1 is 1.83 bits per heavy atom. The Balaban J connectivity index is 3.57. The molecular formula is C4H5BO. The molecule has 0 spiro atoms. The van der Waals surface area contributed by atoms with E-state index in [-0.39, 0.29) is 11.3 Å². The number of carbonyl (C=O) groups excluding carboxylic acids is 1. The van der Waals surface area contributed by atoms with Crippen LogP contribution in [0.4, 0.5) is 0 Å². The van der Waals surface area contributed by atoms with E-state index in [1.165, 1.54) is 6.92 Å². The Kier molecular flexibility index (Phi) is 1.64. The lowest BCUT2D eigenvalue weighted by atomic mass is 9.95. The van der Waals surface area contributed by atoms with Gasteiger partial charge in [0, 0.05) is 0 Å². The van der Waals surface area contributed by atoms with Crippen LogP contribution in [0.2, 0.25) is 0 Å². The molecule has 2 heteroatoms. The summed E-state index contributed by atoms with van der Waals surface area (Å²) in [6, 6.07) is 0. The van der Waals surface area contributed by atoms with Gasteiger partial charge in [-0.25, -0.2) is 0 Å². The molecular weight excluding hydrogens is 74.9 g/mol. The highest BCUT2D eigenvalue weighted by Gasteiger charge is 1.85. The van der Waals surface area contributed by atoms with Gasteiger partial charge in [0.2, 0.25) is 0 Å². The number of carbonyl (C=O) groups is 1. The van der Waals surface area contributed by atoms with Crippen molar-refractivity contribution in [3.8, 4) is 0 Å². The minimum absolute atomic E-state index is 0.120. The van der Waals surface area contributed by atoms with Crippen LogP contribution in [0.25, 0.3) is 0 Å². The van der Waals surface area contributed by atoms with Crippen molar-refractivity contribution in [2.45, 2.75) is 6.92 Å². The Labute approximate surface area is 38.5 Å². The standard InChI is InChI=1S/C4H5BO/c1-3(5)4(2)6/h1H2,2H3. The van der Waals surface area contributed by atoms with E-state index in [4.69, 9.17) is 7.85 Å². The zero-order valence-electron chi connectivity index (χ0n) is 3.69. The molecule has 0 aromatic heterocycles. The largest absolute Gasteiger partial charge is 0.296 e. The van der Waals surface area contributed by atoms with E-state index < -0.39 is 0 Å². The Bertz CT molecular complexity index is 73.5. The van der Waals surface area contributed by atoms with Gasteiger partial charge in [-0.05, 0) is 6.92 Å². The molecule has 0 aliphatic carbocycles. The summed E-state index contributed by atoms with van der Waals surface area (Å²) >= 11 is 0. The first kappa shape index (κ1) is 5.47. The van der Waals surface area contributed by atoms with Gasteiger partial charge in [0.05, 0.1) is 0 Å². The van der Waals surface area contributed by atoms with E-state index in [2.05, 4.69) is 6.58 Å². The van der Waals surface area contributed by atoms with E-state index >= 15 is 0 Å². The molecule has 0 amide bonds. The molecule has 6 heavy (non-hydrogen) atoms. The lowest BCUT2D eigenvalue weighted by Gasteiger charge is -1.81. The number of Topliss-reactive ketones (excluding diaryl/α,β-unsaturated/α-hetero) is 1. The van der Waals surface area contributed by atoms with Crippen LogP contribution in [0.1, 0.15) is 6.92 Å². The monoisotopic (exact) mass is 80.0 g/mol. The average molecular weight is 79.9 g/mol. The van der Waals surface area contributed by atoms with Gasteiger partial charge in [0.15, 0.2) is 0 Å². The van der Waals surface area contributed by atoms with Crippen molar-refractivity contribution < 1.29 is 4.79 Å². The highest BCUT2D eigenvalue weighted by atomic mass is 16.1. The van der Waals surface area contributed by atoms with Crippen LogP contribution in [0.15, 0.2) is 12.1 Å². The first-order chi connectivity index (χ1) is 2.64. The maximum Gasteiger partial charge on any atom is 0.145 e. The van der Waals surface area contributed by atoms with E-state index in [1.54, 1.807) is 0 Å². The SMILES string of the molecule is [B]C(=C)C(C)=O. The van der Waals surface area contributed by atoms with Crippen LogP contribution in [0, 0.1) is 0 Å². The van der Waals surface area contributed by atoms with Crippen molar-refractivity contribution in [1.29, 1.82) is 0 Å². The normalized spacial score (nSPS) is 7.50. The fraction of sp³-hybridized carbons (Fsp3) is 0.250. The molecule has 2 radical (unpaired) electrons. The van der Waals surface area contributed by atoms with Gasteiger partial charge < -0.3 is 0 Å². The molecule has 0 aromatic rings. The molecule has 0 aliphatic rings. The van der Waals surface area contributed by atoms with Gasteiger partial charge in [-0.1, -0.05) is 5.47 Å². The van der Waals surface area contributed by atoms with Crippen molar-refractivity contribution in [1.82, 2.24) is 0 Å². The molecule has 0 unspecified atom stereocenters. The van der Waals surface area contributed by atoms with Gasteiger partial charge in [0.25, 0.3) is 0 Å². The zero-order chi connectivity index (χ0) is 5.15. The van der Waals surface area contributed by atoms with E-state index in [0.29, 0.717) is 0 Å². The van der Waals surface area contributed by atoms with Crippen molar-refractivity contribution in [2.24, 2.45) is 0 Å². The summed E-state index contributed by atoms with van der Waals surface area (Å²) in [5, 5.41) is 0. The van der Waals surface area contributed by atoms with Crippen LogP contribution in [-0.4, -0.2) is 13.6 Å². The molecule has 0 aromatic carbocycles. The quantitative estimate of drug-likeness (QED) is 0.326. The molecule has 0 fully saturated rings. The summed E-state index contributed by atoms with van der Waals surface area (Å²) in [5.74, 6) is -0.157. The second-order valence-electron chi connectivity index (χ2n) is 1.08. The second-order valence-corrected chi connectivity index (χ2v) is 1.08. The highest BCUT2D eigenvalue weighted by molar-refractivity contribution is 6.35. The number of allylic oxidation sites excluding steroid dienone is 1. The maximum atomic E-state index is 9.92. The first-order valence-corrected chi connectivity index (χ1v) is 1.60. The van der Waals surface area contributed by atoms with E-state index in [1.807, 2.05) is 0 Å². The summed E-state index contributed by atoms with van der Waals surface area (Å²) in [6.45, 7) is 4.56. The predicted molar refractivity (Wildman–Crippen MR) is 25.6 cm³/mol. The van der Waals surface area contributed by atoms with Crippen LogP contribution < -0.4 is 0 Å². The molecule has 0 N–H and O–H groups in total.